The monoisotopic (exact) mass is 312 g/mol. The lowest BCUT2D eigenvalue weighted by Gasteiger charge is -1.96. The van der Waals surface area contributed by atoms with E-state index in [1.807, 2.05) is 10.6 Å². The number of carboxylic acid groups (broad SMARTS) is 1. The summed E-state index contributed by atoms with van der Waals surface area (Å²) in [7, 11) is 0. The minimum atomic E-state index is -0.944. The summed E-state index contributed by atoms with van der Waals surface area (Å²) in [4.78, 5) is 16.3. The van der Waals surface area contributed by atoms with Crippen molar-refractivity contribution in [1.29, 1.82) is 0 Å². The van der Waals surface area contributed by atoms with E-state index < -0.39 is 5.97 Å². The first kappa shape index (κ1) is 13.0. The summed E-state index contributed by atoms with van der Waals surface area (Å²) in [5.41, 5.74) is 2.77. The summed E-state index contributed by atoms with van der Waals surface area (Å²) < 4.78 is 15.8. The molecule has 4 aromatic rings. The summed E-state index contributed by atoms with van der Waals surface area (Å²) in [6.45, 7) is 0. The largest absolute Gasteiger partial charge is 0.478 e. The lowest BCUT2D eigenvalue weighted by Crippen LogP contribution is -1.94. The standard InChI is InChI=1S/C16H9FN2O2S/c17-11-4-1-9(2-5-11)12-8-19-13-6-3-10(15(20)21)7-14(13)22-16(19)18-12/h1-8H,(H,20,21). The number of aromatic nitrogens is 2. The minimum absolute atomic E-state index is 0.260. The third kappa shape index (κ3) is 1.96. The van der Waals surface area contributed by atoms with Crippen LogP contribution >= 0.6 is 11.3 Å². The molecule has 108 valence electrons. The van der Waals surface area contributed by atoms with E-state index in [4.69, 9.17) is 5.11 Å². The van der Waals surface area contributed by atoms with Gasteiger partial charge in [-0.1, -0.05) is 11.3 Å². The van der Waals surface area contributed by atoms with E-state index in [-0.39, 0.29) is 11.4 Å². The molecule has 2 aromatic heterocycles. The van der Waals surface area contributed by atoms with Gasteiger partial charge in [0.25, 0.3) is 0 Å². The van der Waals surface area contributed by atoms with Gasteiger partial charge in [0.05, 0.1) is 21.5 Å². The number of fused-ring (bicyclic) bond motifs is 3. The second-order valence-electron chi connectivity index (χ2n) is 4.88. The van der Waals surface area contributed by atoms with Gasteiger partial charge in [-0.3, -0.25) is 4.40 Å². The fourth-order valence-corrected chi connectivity index (χ4v) is 3.44. The van der Waals surface area contributed by atoms with Crippen LogP contribution in [0.2, 0.25) is 0 Å². The summed E-state index contributed by atoms with van der Waals surface area (Å²) in [5, 5.41) is 9.04. The Kier molecular flexibility index (Phi) is 2.74. The molecule has 0 bridgehead atoms. The van der Waals surface area contributed by atoms with Crippen molar-refractivity contribution < 1.29 is 14.3 Å². The van der Waals surface area contributed by atoms with Gasteiger partial charge in [0.1, 0.15) is 5.82 Å². The van der Waals surface area contributed by atoms with Crippen molar-refractivity contribution in [3.63, 3.8) is 0 Å². The van der Waals surface area contributed by atoms with Gasteiger partial charge in [0, 0.05) is 11.8 Å². The van der Waals surface area contributed by atoms with Gasteiger partial charge in [-0.25, -0.2) is 14.2 Å². The number of carboxylic acids is 1. The van der Waals surface area contributed by atoms with Crippen molar-refractivity contribution >= 4 is 32.5 Å². The fraction of sp³-hybridized carbons (Fsp3) is 0. The summed E-state index contributed by atoms with van der Waals surface area (Å²) in [5.74, 6) is -1.23. The summed E-state index contributed by atoms with van der Waals surface area (Å²) in [6.07, 6.45) is 1.88. The lowest BCUT2D eigenvalue weighted by molar-refractivity contribution is 0.0697. The maximum Gasteiger partial charge on any atom is 0.335 e. The first-order chi connectivity index (χ1) is 10.6. The molecule has 0 aliphatic heterocycles. The molecule has 4 nitrogen and oxygen atoms in total. The highest BCUT2D eigenvalue weighted by atomic mass is 32.1. The molecule has 0 saturated heterocycles. The maximum absolute atomic E-state index is 13.0. The molecule has 6 heteroatoms. The van der Waals surface area contributed by atoms with Crippen LogP contribution in [-0.2, 0) is 0 Å². The van der Waals surface area contributed by atoms with Crippen LogP contribution in [0.4, 0.5) is 4.39 Å². The molecule has 0 aliphatic rings. The Bertz CT molecular complexity index is 1020. The van der Waals surface area contributed by atoms with Crippen LogP contribution in [0.15, 0.2) is 48.7 Å². The number of benzene rings is 2. The predicted octanol–water partition coefficient (Wildman–Crippen LogP) is 4.05. The highest BCUT2D eigenvalue weighted by molar-refractivity contribution is 7.23. The Labute approximate surface area is 128 Å². The molecule has 0 aliphatic carbocycles. The van der Waals surface area contributed by atoms with Gasteiger partial charge in [-0.2, -0.15) is 0 Å². The van der Waals surface area contributed by atoms with Crippen LogP contribution < -0.4 is 0 Å². The van der Waals surface area contributed by atoms with E-state index in [0.29, 0.717) is 0 Å². The number of rotatable bonds is 2. The highest BCUT2D eigenvalue weighted by Gasteiger charge is 2.12. The number of hydrogen-bond donors (Lipinski definition) is 1. The van der Waals surface area contributed by atoms with Crippen molar-refractivity contribution in [3.05, 3.63) is 60.0 Å². The predicted molar refractivity (Wildman–Crippen MR) is 82.9 cm³/mol. The Balaban J connectivity index is 1.88. The summed E-state index contributed by atoms with van der Waals surface area (Å²) >= 11 is 1.43. The molecule has 2 heterocycles. The number of aromatic carboxylic acids is 1. The maximum atomic E-state index is 13.0. The lowest BCUT2D eigenvalue weighted by atomic mass is 10.2. The van der Waals surface area contributed by atoms with Gasteiger partial charge in [-0.15, -0.1) is 0 Å². The molecule has 0 saturated carbocycles. The molecule has 0 unspecified atom stereocenters. The van der Waals surface area contributed by atoms with Gasteiger partial charge >= 0.3 is 5.97 Å². The average Bonchev–Trinajstić information content (AvgIpc) is 3.04. The Morgan fingerprint density at radius 1 is 1.18 bits per heavy atom. The van der Waals surface area contributed by atoms with Crippen LogP contribution in [0.1, 0.15) is 10.4 Å². The van der Waals surface area contributed by atoms with Crippen LogP contribution in [0.5, 0.6) is 0 Å². The van der Waals surface area contributed by atoms with Crippen molar-refractivity contribution in [2.45, 2.75) is 0 Å². The van der Waals surface area contributed by atoms with Crippen molar-refractivity contribution in [2.24, 2.45) is 0 Å². The smallest absolute Gasteiger partial charge is 0.335 e. The van der Waals surface area contributed by atoms with E-state index in [2.05, 4.69) is 4.98 Å². The first-order valence-corrected chi connectivity index (χ1v) is 7.34. The molecule has 22 heavy (non-hydrogen) atoms. The van der Waals surface area contributed by atoms with Crippen molar-refractivity contribution in [2.75, 3.05) is 0 Å². The number of imidazole rings is 1. The Hall–Kier alpha value is -2.73. The zero-order valence-electron chi connectivity index (χ0n) is 11.2. The van der Waals surface area contributed by atoms with Gasteiger partial charge in [0.15, 0.2) is 4.96 Å². The van der Waals surface area contributed by atoms with E-state index in [9.17, 15) is 9.18 Å². The van der Waals surface area contributed by atoms with Crippen LogP contribution in [-0.4, -0.2) is 20.5 Å². The van der Waals surface area contributed by atoms with Crippen molar-refractivity contribution in [1.82, 2.24) is 9.38 Å². The average molecular weight is 312 g/mol. The second kappa shape index (κ2) is 4.64. The normalized spacial score (nSPS) is 11.3. The highest BCUT2D eigenvalue weighted by Crippen LogP contribution is 2.30. The third-order valence-corrected chi connectivity index (χ3v) is 4.50. The van der Waals surface area contributed by atoms with Gasteiger partial charge < -0.3 is 5.11 Å². The number of thiazole rings is 1. The van der Waals surface area contributed by atoms with E-state index in [1.165, 1.54) is 23.5 Å². The minimum Gasteiger partial charge on any atom is -0.478 e. The molecule has 0 amide bonds. The first-order valence-electron chi connectivity index (χ1n) is 6.53. The molecule has 4 rings (SSSR count). The summed E-state index contributed by atoms with van der Waals surface area (Å²) in [6, 6.07) is 11.2. The molecule has 2 aromatic carbocycles. The second-order valence-corrected chi connectivity index (χ2v) is 5.88. The van der Waals surface area contributed by atoms with Crippen LogP contribution in [0, 0.1) is 5.82 Å². The topological polar surface area (TPSA) is 54.6 Å². The third-order valence-electron chi connectivity index (χ3n) is 3.48. The van der Waals surface area contributed by atoms with Gasteiger partial charge in [-0.05, 0) is 42.5 Å². The SMILES string of the molecule is O=C(O)c1ccc2c(c1)sc1nc(-c3ccc(F)cc3)cn12. The fourth-order valence-electron chi connectivity index (χ4n) is 2.39. The molecular weight excluding hydrogens is 303 g/mol. The molecule has 1 N–H and O–H groups in total. The number of hydrogen-bond acceptors (Lipinski definition) is 3. The van der Waals surface area contributed by atoms with E-state index in [1.54, 1.807) is 30.3 Å². The number of halogens is 1. The van der Waals surface area contributed by atoms with Gasteiger partial charge in [0.2, 0.25) is 0 Å². The molecule has 0 fully saturated rings. The van der Waals surface area contributed by atoms with E-state index in [0.717, 1.165) is 26.4 Å². The molecule has 0 radical (unpaired) electrons. The molecule has 0 spiro atoms. The Morgan fingerprint density at radius 3 is 2.68 bits per heavy atom. The van der Waals surface area contributed by atoms with Crippen LogP contribution in [0.25, 0.3) is 26.4 Å². The number of carbonyl (C=O) groups is 1. The number of nitrogens with zero attached hydrogens (tertiary/aromatic N) is 2. The zero-order chi connectivity index (χ0) is 15.3. The quantitative estimate of drug-likeness (QED) is 0.607. The Morgan fingerprint density at radius 2 is 1.95 bits per heavy atom. The molecule has 0 atom stereocenters. The zero-order valence-corrected chi connectivity index (χ0v) is 12.0. The van der Waals surface area contributed by atoms with Crippen LogP contribution in [0.3, 0.4) is 0 Å². The van der Waals surface area contributed by atoms with E-state index >= 15 is 0 Å². The van der Waals surface area contributed by atoms with Crippen molar-refractivity contribution in [3.8, 4) is 11.3 Å². The molecular formula is C16H9FN2O2S.